The highest BCUT2D eigenvalue weighted by Crippen LogP contribution is 2.35. The summed E-state index contributed by atoms with van der Waals surface area (Å²) in [6.45, 7) is 0.579. The molecule has 1 aromatic carbocycles. The fraction of sp³-hybridized carbons (Fsp3) is 0.364. The van der Waals surface area contributed by atoms with Gasteiger partial charge in [-0.2, -0.15) is 13.2 Å². The molecule has 1 rings (SSSR count). The predicted molar refractivity (Wildman–Crippen MR) is 60.6 cm³/mol. The first-order chi connectivity index (χ1) is 8.36. The van der Waals surface area contributed by atoms with Crippen molar-refractivity contribution in [3.63, 3.8) is 0 Å². The van der Waals surface area contributed by atoms with Gasteiger partial charge in [-0.15, -0.1) is 0 Å². The lowest BCUT2D eigenvalue weighted by atomic mass is 10.1. The molecular formula is C11H13F3N2O2. The number of nitrogens with two attached hydrogens (primary N) is 1. The maximum atomic E-state index is 12.5. The van der Waals surface area contributed by atoms with E-state index in [1.54, 1.807) is 0 Å². The molecule has 0 aliphatic heterocycles. The summed E-state index contributed by atoms with van der Waals surface area (Å²) < 4.78 is 42.4. The van der Waals surface area contributed by atoms with E-state index in [4.69, 9.17) is 15.6 Å². The van der Waals surface area contributed by atoms with Gasteiger partial charge in [0.1, 0.15) is 11.6 Å². The van der Waals surface area contributed by atoms with Crippen LogP contribution in [0.3, 0.4) is 0 Å². The number of aromatic hydroxyl groups is 1. The average Bonchev–Trinajstić information content (AvgIpc) is 2.28. The van der Waals surface area contributed by atoms with Crippen LogP contribution in [0, 0.1) is 0 Å². The summed E-state index contributed by atoms with van der Waals surface area (Å²) in [6, 6.07) is 2.98. The predicted octanol–water partition coefficient (Wildman–Crippen LogP) is 1.76. The van der Waals surface area contributed by atoms with Crippen LogP contribution >= 0.6 is 0 Å². The molecule has 18 heavy (non-hydrogen) atoms. The summed E-state index contributed by atoms with van der Waals surface area (Å²) in [5.41, 5.74) is 4.52. The number of alkyl halides is 3. The molecule has 3 N–H and O–H groups in total. The van der Waals surface area contributed by atoms with Crippen molar-refractivity contribution in [1.29, 1.82) is 0 Å². The van der Waals surface area contributed by atoms with Crippen molar-refractivity contribution < 1.29 is 23.0 Å². The standard InChI is InChI=1S/C11H13F3N2O2/c1-18-5-4-16-10(15)7-2-3-9(17)8(6-7)11(12,13)14/h2-3,6,17H,4-5H2,1H3,(H2,15,16). The van der Waals surface area contributed by atoms with Crippen molar-refractivity contribution in [1.82, 2.24) is 0 Å². The number of phenols is 1. The molecule has 0 bridgehead atoms. The first-order valence-corrected chi connectivity index (χ1v) is 5.05. The first kappa shape index (κ1) is 14.3. The number of hydrogen-bond acceptors (Lipinski definition) is 3. The molecular weight excluding hydrogens is 249 g/mol. The highest BCUT2D eigenvalue weighted by Gasteiger charge is 2.34. The van der Waals surface area contributed by atoms with Gasteiger partial charge < -0.3 is 15.6 Å². The van der Waals surface area contributed by atoms with Gasteiger partial charge in [-0.25, -0.2) is 0 Å². The van der Waals surface area contributed by atoms with E-state index in [1.165, 1.54) is 13.2 Å². The number of nitrogens with zero attached hydrogens (tertiary/aromatic N) is 1. The van der Waals surface area contributed by atoms with Crippen molar-refractivity contribution in [3.05, 3.63) is 29.3 Å². The van der Waals surface area contributed by atoms with Gasteiger partial charge in [0.25, 0.3) is 0 Å². The number of rotatable bonds is 4. The molecule has 0 fully saturated rings. The van der Waals surface area contributed by atoms with Crippen LogP contribution in [0.2, 0.25) is 0 Å². The van der Waals surface area contributed by atoms with Crippen molar-refractivity contribution in [2.45, 2.75) is 6.18 Å². The molecule has 0 aliphatic carbocycles. The Hall–Kier alpha value is -1.76. The molecule has 0 heterocycles. The normalized spacial score (nSPS) is 12.8. The number of methoxy groups -OCH3 is 1. The Bertz CT molecular complexity index is 444. The van der Waals surface area contributed by atoms with Crippen LogP contribution in [0.25, 0.3) is 0 Å². The molecule has 0 aliphatic rings. The highest BCUT2D eigenvalue weighted by molar-refractivity contribution is 5.97. The van der Waals surface area contributed by atoms with Crippen LogP contribution in [0.5, 0.6) is 5.75 Å². The highest BCUT2D eigenvalue weighted by atomic mass is 19.4. The van der Waals surface area contributed by atoms with Crippen LogP contribution < -0.4 is 5.73 Å². The van der Waals surface area contributed by atoms with Crippen LogP contribution in [-0.4, -0.2) is 31.2 Å². The largest absolute Gasteiger partial charge is 0.507 e. The Kier molecular flexibility index (Phi) is 4.55. The van der Waals surface area contributed by atoms with Gasteiger partial charge in [0.2, 0.25) is 0 Å². The Morgan fingerprint density at radius 2 is 2.11 bits per heavy atom. The maximum absolute atomic E-state index is 12.5. The minimum absolute atomic E-state index is 0.0300. The van der Waals surface area contributed by atoms with E-state index in [9.17, 15) is 13.2 Å². The van der Waals surface area contributed by atoms with Gasteiger partial charge in [0, 0.05) is 12.7 Å². The molecule has 0 saturated heterocycles. The summed E-state index contributed by atoms with van der Waals surface area (Å²) in [5, 5.41) is 9.15. The summed E-state index contributed by atoms with van der Waals surface area (Å²) in [6.07, 6.45) is -4.63. The van der Waals surface area contributed by atoms with Crippen molar-refractivity contribution >= 4 is 5.84 Å². The van der Waals surface area contributed by atoms with E-state index >= 15 is 0 Å². The molecule has 0 unspecified atom stereocenters. The molecule has 0 amide bonds. The quantitative estimate of drug-likeness (QED) is 0.493. The first-order valence-electron chi connectivity index (χ1n) is 5.05. The molecule has 7 heteroatoms. The van der Waals surface area contributed by atoms with E-state index in [0.29, 0.717) is 6.61 Å². The molecule has 0 saturated carbocycles. The smallest absolute Gasteiger partial charge is 0.419 e. The Morgan fingerprint density at radius 1 is 1.44 bits per heavy atom. The zero-order chi connectivity index (χ0) is 13.8. The lowest BCUT2D eigenvalue weighted by molar-refractivity contribution is -0.138. The minimum Gasteiger partial charge on any atom is -0.507 e. The van der Waals surface area contributed by atoms with Gasteiger partial charge in [-0.3, -0.25) is 4.99 Å². The van der Waals surface area contributed by atoms with Crippen LogP contribution in [0.4, 0.5) is 13.2 Å². The fourth-order valence-electron chi connectivity index (χ4n) is 1.27. The molecule has 1 aromatic rings. The van der Waals surface area contributed by atoms with Gasteiger partial charge in [0.05, 0.1) is 18.7 Å². The number of hydrogen-bond donors (Lipinski definition) is 2. The maximum Gasteiger partial charge on any atom is 0.419 e. The molecule has 0 radical (unpaired) electrons. The number of amidine groups is 1. The van der Waals surface area contributed by atoms with Gasteiger partial charge in [0.15, 0.2) is 0 Å². The average molecular weight is 262 g/mol. The second kappa shape index (κ2) is 5.72. The molecule has 4 nitrogen and oxygen atoms in total. The van der Waals surface area contributed by atoms with Crippen molar-refractivity contribution in [2.75, 3.05) is 20.3 Å². The Morgan fingerprint density at radius 3 is 2.67 bits per heavy atom. The lowest BCUT2D eigenvalue weighted by Gasteiger charge is -2.10. The second-order valence-corrected chi connectivity index (χ2v) is 3.49. The van der Waals surface area contributed by atoms with E-state index in [0.717, 1.165) is 12.1 Å². The van der Waals surface area contributed by atoms with E-state index in [-0.39, 0.29) is 17.9 Å². The zero-order valence-corrected chi connectivity index (χ0v) is 9.66. The zero-order valence-electron chi connectivity index (χ0n) is 9.66. The van der Waals surface area contributed by atoms with E-state index < -0.39 is 17.5 Å². The number of phenolic OH excluding ortho intramolecular Hbond substituents is 1. The van der Waals surface area contributed by atoms with E-state index in [2.05, 4.69) is 4.99 Å². The third kappa shape index (κ3) is 3.63. The fourth-order valence-corrected chi connectivity index (χ4v) is 1.27. The third-order valence-electron chi connectivity index (χ3n) is 2.18. The molecule has 0 aromatic heterocycles. The van der Waals surface area contributed by atoms with Gasteiger partial charge >= 0.3 is 6.18 Å². The van der Waals surface area contributed by atoms with Crippen LogP contribution in [-0.2, 0) is 10.9 Å². The summed E-state index contributed by atoms with van der Waals surface area (Å²) in [7, 11) is 1.48. The monoisotopic (exact) mass is 262 g/mol. The number of aliphatic imine (C=N–C) groups is 1. The number of halogens is 3. The molecule has 100 valence electrons. The van der Waals surface area contributed by atoms with Gasteiger partial charge in [-0.05, 0) is 18.2 Å². The Labute approximate surface area is 102 Å². The number of ether oxygens (including phenoxy) is 1. The summed E-state index contributed by atoms with van der Waals surface area (Å²) >= 11 is 0. The topological polar surface area (TPSA) is 67.8 Å². The molecule has 0 atom stereocenters. The van der Waals surface area contributed by atoms with Crippen molar-refractivity contribution in [3.8, 4) is 5.75 Å². The van der Waals surface area contributed by atoms with Gasteiger partial charge in [-0.1, -0.05) is 0 Å². The van der Waals surface area contributed by atoms with Crippen molar-refractivity contribution in [2.24, 2.45) is 10.7 Å². The third-order valence-corrected chi connectivity index (χ3v) is 2.18. The molecule has 0 spiro atoms. The van der Waals surface area contributed by atoms with Crippen LogP contribution in [0.1, 0.15) is 11.1 Å². The Balaban J connectivity index is 3.01. The van der Waals surface area contributed by atoms with Crippen LogP contribution in [0.15, 0.2) is 23.2 Å². The number of benzene rings is 1. The minimum atomic E-state index is -4.63. The lowest BCUT2D eigenvalue weighted by Crippen LogP contribution is -2.16. The SMILES string of the molecule is COCCN=C(N)c1ccc(O)c(C(F)(F)F)c1. The summed E-state index contributed by atoms with van der Waals surface area (Å²) in [5.74, 6) is -0.867. The van der Waals surface area contributed by atoms with E-state index in [1.807, 2.05) is 0 Å². The summed E-state index contributed by atoms with van der Waals surface area (Å²) in [4.78, 5) is 3.86. The second-order valence-electron chi connectivity index (χ2n) is 3.49.